The van der Waals surface area contributed by atoms with Crippen molar-refractivity contribution < 1.29 is 14.6 Å². The lowest BCUT2D eigenvalue weighted by molar-refractivity contribution is -0.116. The van der Waals surface area contributed by atoms with Crippen molar-refractivity contribution in [1.29, 1.82) is 0 Å². The molecule has 0 unspecified atom stereocenters. The van der Waals surface area contributed by atoms with Gasteiger partial charge in [-0.05, 0) is 17.7 Å². The number of aliphatic hydroxyl groups is 1. The maximum atomic E-state index is 12.1. The van der Waals surface area contributed by atoms with E-state index in [1.807, 2.05) is 48.5 Å². The van der Waals surface area contributed by atoms with Crippen LogP contribution < -0.4 is 10.1 Å². The van der Waals surface area contributed by atoms with E-state index in [9.17, 15) is 9.90 Å². The molecular formula is C19H24N2O3. The first-order valence-corrected chi connectivity index (χ1v) is 8.02. The van der Waals surface area contributed by atoms with E-state index in [1.54, 1.807) is 13.2 Å². The summed E-state index contributed by atoms with van der Waals surface area (Å²) in [6, 6.07) is 17.3. The summed E-state index contributed by atoms with van der Waals surface area (Å²) in [5.74, 6) is 0.651. The number of nitrogens with zero attached hydrogens (tertiary/aromatic N) is 1. The van der Waals surface area contributed by atoms with Crippen molar-refractivity contribution in [3.8, 4) is 5.75 Å². The maximum Gasteiger partial charge on any atom is 0.225 e. The van der Waals surface area contributed by atoms with Crippen LogP contribution in [0.4, 0.5) is 5.69 Å². The van der Waals surface area contributed by atoms with Gasteiger partial charge in [0.05, 0.1) is 13.7 Å². The maximum absolute atomic E-state index is 12.1. The number of amides is 1. The van der Waals surface area contributed by atoms with E-state index in [-0.39, 0.29) is 12.5 Å². The number of hydrogen-bond donors (Lipinski definition) is 2. The van der Waals surface area contributed by atoms with Crippen molar-refractivity contribution in [3.05, 3.63) is 60.2 Å². The second kappa shape index (κ2) is 9.70. The second-order valence-corrected chi connectivity index (χ2v) is 5.52. The average Bonchev–Trinajstić information content (AvgIpc) is 2.61. The molecule has 0 aromatic heterocycles. The van der Waals surface area contributed by atoms with Gasteiger partial charge in [0, 0.05) is 37.8 Å². The zero-order valence-corrected chi connectivity index (χ0v) is 13.9. The molecule has 0 atom stereocenters. The van der Waals surface area contributed by atoms with Crippen molar-refractivity contribution in [2.75, 3.05) is 32.1 Å². The minimum atomic E-state index is -0.0562. The highest BCUT2D eigenvalue weighted by molar-refractivity contribution is 5.91. The third-order valence-electron chi connectivity index (χ3n) is 3.67. The normalized spacial score (nSPS) is 10.6. The smallest absolute Gasteiger partial charge is 0.225 e. The molecule has 0 fully saturated rings. The monoisotopic (exact) mass is 328 g/mol. The highest BCUT2D eigenvalue weighted by Gasteiger charge is 2.09. The number of hydrogen-bond acceptors (Lipinski definition) is 4. The molecule has 0 aliphatic heterocycles. The lowest BCUT2D eigenvalue weighted by Gasteiger charge is -2.21. The molecule has 0 saturated carbocycles. The molecule has 0 aliphatic carbocycles. The number of aliphatic hydroxyl groups excluding tert-OH is 1. The Balaban J connectivity index is 1.85. The summed E-state index contributed by atoms with van der Waals surface area (Å²) in [7, 11) is 1.59. The standard InChI is InChI=1S/C19H24N2O3/c1-24-18-9-5-8-17(14-18)20-19(23)10-11-21(12-13-22)15-16-6-3-2-4-7-16/h2-9,14,22H,10-13,15H2,1H3,(H,20,23). The van der Waals surface area contributed by atoms with Crippen molar-refractivity contribution in [1.82, 2.24) is 4.90 Å². The molecule has 0 aliphatic rings. The summed E-state index contributed by atoms with van der Waals surface area (Å²) in [4.78, 5) is 14.2. The zero-order valence-electron chi connectivity index (χ0n) is 13.9. The van der Waals surface area contributed by atoms with Crippen LogP contribution in [0, 0.1) is 0 Å². The van der Waals surface area contributed by atoms with Crippen molar-refractivity contribution in [2.45, 2.75) is 13.0 Å². The number of carbonyl (C=O) groups is 1. The van der Waals surface area contributed by atoms with Gasteiger partial charge in [0.1, 0.15) is 5.75 Å². The van der Waals surface area contributed by atoms with Crippen LogP contribution in [0.3, 0.4) is 0 Å². The zero-order chi connectivity index (χ0) is 17.2. The van der Waals surface area contributed by atoms with E-state index in [4.69, 9.17) is 4.74 Å². The van der Waals surface area contributed by atoms with Gasteiger partial charge in [-0.3, -0.25) is 9.69 Å². The van der Waals surface area contributed by atoms with Gasteiger partial charge in [0.2, 0.25) is 5.91 Å². The van der Waals surface area contributed by atoms with Gasteiger partial charge in [-0.2, -0.15) is 0 Å². The number of benzene rings is 2. The molecule has 2 aromatic rings. The predicted octanol–water partition coefficient (Wildman–Crippen LogP) is 2.52. The van der Waals surface area contributed by atoms with Crippen LogP contribution in [0.25, 0.3) is 0 Å². The Labute approximate surface area is 142 Å². The molecule has 2 aromatic carbocycles. The molecule has 5 heteroatoms. The van der Waals surface area contributed by atoms with E-state index >= 15 is 0 Å². The third-order valence-corrected chi connectivity index (χ3v) is 3.67. The van der Waals surface area contributed by atoms with Crippen molar-refractivity contribution >= 4 is 11.6 Å². The molecule has 0 radical (unpaired) electrons. The number of ether oxygens (including phenoxy) is 1. The van der Waals surface area contributed by atoms with Crippen LogP contribution >= 0.6 is 0 Å². The Morgan fingerprint density at radius 1 is 1.12 bits per heavy atom. The summed E-state index contributed by atoms with van der Waals surface area (Å²) in [5, 5.41) is 12.1. The quantitative estimate of drug-likeness (QED) is 0.742. The second-order valence-electron chi connectivity index (χ2n) is 5.52. The van der Waals surface area contributed by atoms with Gasteiger partial charge >= 0.3 is 0 Å². The van der Waals surface area contributed by atoms with Crippen LogP contribution in [0.15, 0.2) is 54.6 Å². The number of methoxy groups -OCH3 is 1. The molecule has 2 N–H and O–H groups in total. The van der Waals surface area contributed by atoms with Crippen LogP contribution in [0.1, 0.15) is 12.0 Å². The number of nitrogens with one attached hydrogen (secondary N) is 1. The minimum Gasteiger partial charge on any atom is -0.497 e. The molecule has 5 nitrogen and oxygen atoms in total. The molecule has 0 spiro atoms. The van der Waals surface area contributed by atoms with Crippen LogP contribution in [-0.4, -0.2) is 42.7 Å². The molecule has 24 heavy (non-hydrogen) atoms. The van der Waals surface area contributed by atoms with E-state index < -0.39 is 0 Å². The molecule has 0 bridgehead atoms. The number of rotatable bonds is 9. The van der Waals surface area contributed by atoms with Crippen molar-refractivity contribution in [3.63, 3.8) is 0 Å². The molecule has 0 heterocycles. The molecule has 128 valence electrons. The highest BCUT2D eigenvalue weighted by atomic mass is 16.5. The summed E-state index contributed by atoms with van der Waals surface area (Å²) in [5.41, 5.74) is 1.88. The van der Waals surface area contributed by atoms with Crippen LogP contribution in [-0.2, 0) is 11.3 Å². The van der Waals surface area contributed by atoms with E-state index in [0.717, 1.165) is 5.69 Å². The fourth-order valence-electron chi connectivity index (χ4n) is 2.44. The Bertz CT molecular complexity index is 632. The molecule has 0 saturated heterocycles. The Kier molecular flexibility index (Phi) is 7.26. The fraction of sp³-hybridized carbons (Fsp3) is 0.316. The van der Waals surface area contributed by atoms with E-state index in [0.29, 0.717) is 31.8 Å². The first-order chi connectivity index (χ1) is 11.7. The molecule has 1 amide bonds. The van der Waals surface area contributed by atoms with Gasteiger partial charge in [-0.1, -0.05) is 36.4 Å². The Morgan fingerprint density at radius 2 is 1.92 bits per heavy atom. The lowest BCUT2D eigenvalue weighted by atomic mass is 10.2. The van der Waals surface area contributed by atoms with E-state index in [2.05, 4.69) is 10.2 Å². The average molecular weight is 328 g/mol. The van der Waals surface area contributed by atoms with Gasteiger partial charge in [0.25, 0.3) is 0 Å². The summed E-state index contributed by atoms with van der Waals surface area (Å²) in [6.45, 7) is 1.92. The first-order valence-electron chi connectivity index (χ1n) is 8.02. The third kappa shape index (κ3) is 6.02. The first kappa shape index (κ1) is 18.0. The van der Waals surface area contributed by atoms with Gasteiger partial charge in [-0.25, -0.2) is 0 Å². The van der Waals surface area contributed by atoms with E-state index in [1.165, 1.54) is 5.56 Å². The summed E-state index contributed by atoms with van der Waals surface area (Å²) < 4.78 is 5.15. The van der Waals surface area contributed by atoms with Gasteiger partial charge in [0.15, 0.2) is 0 Å². The highest BCUT2D eigenvalue weighted by Crippen LogP contribution is 2.16. The summed E-state index contributed by atoms with van der Waals surface area (Å²) in [6.07, 6.45) is 0.365. The number of anilines is 1. The summed E-state index contributed by atoms with van der Waals surface area (Å²) >= 11 is 0. The van der Waals surface area contributed by atoms with Crippen LogP contribution in [0.2, 0.25) is 0 Å². The SMILES string of the molecule is COc1cccc(NC(=O)CCN(CCO)Cc2ccccc2)c1. The number of carbonyl (C=O) groups excluding carboxylic acids is 1. The van der Waals surface area contributed by atoms with Crippen LogP contribution in [0.5, 0.6) is 5.75 Å². The predicted molar refractivity (Wildman–Crippen MR) is 95.0 cm³/mol. The Hall–Kier alpha value is -2.37. The Morgan fingerprint density at radius 3 is 2.62 bits per heavy atom. The van der Waals surface area contributed by atoms with Crippen molar-refractivity contribution in [2.24, 2.45) is 0 Å². The molecular weight excluding hydrogens is 304 g/mol. The van der Waals surface area contributed by atoms with Gasteiger partial charge < -0.3 is 15.2 Å². The topological polar surface area (TPSA) is 61.8 Å². The fourth-order valence-corrected chi connectivity index (χ4v) is 2.44. The largest absolute Gasteiger partial charge is 0.497 e. The minimum absolute atomic E-state index is 0.0562. The van der Waals surface area contributed by atoms with Gasteiger partial charge in [-0.15, -0.1) is 0 Å². The lowest BCUT2D eigenvalue weighted by Crippen LogP contribution is -2.30. The molecule has 2 rings (SSSR count).